The van der Waals surface area contributed by atoms with Crippen molar-refractivity contribution < 1.29 is 13.6 Å². The van der Waals surface area contributed by atoms with Crippen LogP contribution in [0, 0.1) is 18.6 Å². The van der Waals surface area contributed by atoms with E-state index in [1.807, 2.05) is 0 Å². The fourth-order valence-corrected chi connectivity index (χ4v) is 2.21. The summed E-state index contributed by atoms with van der Waals surface area (Å²) in [7, 11) is 0. The molecule has 20 heavy (non-hydrogen) atoms. The highest BCUT2D eigenvalue weighted by molar-refractivity contribution is 9.10. The molecule has 0 atom stereocenters. The highest BCUT2D eigenvalue weighted by atomic mass is 79.9. The minimum atomic E-state index is -0.834. The normalized spacial score (nSPS) is 10.4. The highest BCUT2D eigenvalue weighted by Crippen LogP contribution is 2.25. The molecule has 0 aliphatic carbocycles. The Morgan fingerprint density at radius 2 is 1.85 bits per heavy atom. The van der Waals surface area contributed by atoms with Gasteiger partial charge in [-0.05, 0) is 36.8 Å². The second-order valence-corrected chi connectivity index (χ2v) is 5.13. The summed E-state index contributed by atoms with van der Waals surface area (Å²) in [6.45, 7) is 1.66. The number of nitrogen functional groups attached to an aromatic ring is 1. The minimum absolute atomic E-state index is 0.250. The molecule has 0 bridgehead atoms. The van der Waals surface area contributed by atoms with E-state index in [0.29, 0.717) is 15.7 Å². The number of nitrogens with two attached hydrogens (primary N) is 1. The van der Waals surface area contributed by atoms with Gasteiger partial charge in [-0.2, -0.15) is 0 Å². The smallest absolute Gasteiger partial charge is 0.256 e. The average Bonchev–Trinajstić information content (AvgIpc) is 2.38. The third-order valence-electron chi connectivity index (χ3n) is 2.86. The first-order valence-electron chi connectivity index (χ1n) is 5.71. The Morgan fingerprint density at radius 1 is 1.25 bits per heavy atom. The van der Waals surface area contributed by atoms with Crippen molar-refractivity contribution in [2.24, 2.45) is 0 Å². The van der Waals surface area contributed by atoms with Crippen molar-refractivity contribution in [2.75, 3.05) is 11.1 Å². The van der Waals surface area contributed by atoms with Gasteiger partial charge in [0.05, 0.1) is 0 Å². The van der Waals surface area contributed by atoms with Crippen LogP contribution in [0.2, 0.25) is 0 Å². The third kappa shape index (κ3) is 2.80. The van der Waals surface area contributed by atoms with Gasteiger partial charge in [0.2, 0.25) is 0 Å². The van der Waals surface area contributed by atoms with Crippen LogP contribution in [0.5, 0.6) is 0 Å². The molecule has 6 heteroatoms. The lowest BCUT2D eigenvalue weighted by atomic mass is 10.1. The summed E-state index contributed by atoms with van der Waals surface area (Å²) in [5.41, 5.74) is 6.49. The number of carbonyl (C=O) groups excluding carboxylic acids is 1. The number of nitrogens with one attached hydrogen (secondary N) is 1. The fourth-order valence-electron chi connectivity index (χ4n) is 1.73. The second-order valence-electron chi connectivity index (χ2n) is 4.22. The summed E-state index contributed by atoms with van der Waals surface area (Å²) in [4.78, 5) is 12.1. The van der Waals surface area contributed by atoms with Crippen LogP contribution in [0.25, 0.3) is 0 Å². The molecule has 0 saturated carbocycles. The maximum absolute atomic E-state index is 13.5. The largest absolute Gasteiger partial charge is 0.398 e. The van der Waals surface area contributed by atoms with Crippen LogP contribution in [0.15, 0.2) is 34.8 Å². The van der Waals surface area contributed by atoms with Crippen LogP contribution in [0.1, 0.15) is 15.9 Å². The van der Waals surface area contributed by atoms with Gasteiger partial charge in [-0.1, -0.05) is 22.0 Å². The topological polar surface area (TPSA) is 55.1 Å². The van der Waals surface area contributed by atoms with Gasteiger partial charge in [0.1, 0.15) is 17.3 Å². The molecule has 0 radical (unpaired) electrons. The maximum atomic E-state index is 13.5. The van der Waals surface area contributed by atoms with Crippen molar-refractivity contribution in [1.82, 2.24) is 0 Å². The van der Waals surface area contributed by atoms with E-state index in [4.69, 9.17) is 5.73 Å². The molecule has 0 unspecified atom stereocenters. The molecule has 2 aromatic rings. The zero-order chi connectivity index (χ0) is 14.9. The predicted molar refractivity (Wildman–Crippen MR) is 77.6 cm³/mol. The number of benzene rings is 2. The molecule has 2 aromatic carbocycles. The highest BCUT2D eigenvalue weighted by Gasteiger charge is 2.16. The number of carbonyl (C=O) groups is 1. The lowest BCUT2D eigenvalue weighted by molar-refractivity contribution is 0.102. The summed E-state index contributed by atoms with van der Waals surface area (Å²) in [6, 6.07) is 6.56. The van der Waals surface area contributed by atoms with Gasteiger partial charge in [0, 0.05) is 15.7 Å². The van der Waals surface area contributed by atoms with E-state index in [0.717, 1.165) is 12.1 Å². The molecule has 0 aromatic heterocycles. The van der Waals surface area contributed by atoms with Gasteiger partial charge < -0.3 is 11.1 Å². The van der Waals surface area contributed by atoms with Crippen LogP contribution in [0.4, 0.5) is 20.2 Å². The van der Waals surface area contributed by atoms with Gasteiger partial charge in [-0.25, -0.2) is 8.78 Å². The number of hydrogen-bond acceptors (Lipinski definition) is 2. The van der Waals surface area contributed by atoms with Gasteiger partial charge in [-0.15, -0.1) is 0 Å². The number of amides is 1. The van der Waals surface area contributed by atoms with Crippen molar-refractivity contribution in [1.29, 1.82) is 0 Å². The van der Waals surface area contributed by atoms with E-state index < -0.39 is 23.2 Å². The first-order valence-corrected chi connectivity index (χ1v) is 6.50. The molecule has 0 spiro atoms. The second kappa shape index (κ2) is 5.58. The van der Waals surface area contributed by atoms with E-state index in [2.05, 4.69) is 21.2 Å². The quantitative estimate of drug-likeness (QED) is 0.815. The molecule has 104 valence electrons. The molecule has 3 nitrogen and oxygen atoms in total. The minimum Gasteiger partial charge on any atom is -0.398 e. The number of hydrogen-bond donors (Lipinski definition) is 2. The third-order valence-corrected chi connectivity index (χ3v) is 3.32. The average molecular weight is 341 g/mol. The Morgan fingerprint density at radius 3 is 2.45 bits per heavy atom. The van der Waals surface area contributed by atoms with Crippen LogP contribution < -0.4 is 11.1 Å². The Labute approximate surface area is 122 Å². The van der Waals surface area contributed by atoms with Gasteiger partial charge in [-0.3, -0.25) is 4.79 Å². The van der Waals surface area contributed by atoms with Crippen molar-refractivity contribution in [3.63, 3.8) is 0 Å². The van der Waals surface area contributed by atoms with Crippen LogP contribution >= 0.6 is 15.9 Å². The number of rotatable bonds is 2. The van der Waals surface area contributed by atoms with Gasteiger partial charge >= 0.3 is 0 Å². The van der Waals surface area contributed by atoms with Crippen molar-refractivity contribution in [3.05, 3.63) is 57.6 Å². The van der Waals surface area contributed by atoms with Crippen molar-refractivity contribution in [2.45, 2.75) is 6.92 Å². The zero-order valence-corrected chi connectivity index (χ0v) is 12.1. The molecular formula is C14H11BrF2N2O. The maximum Gasteiger partial charge on any atom is 0.256 e. The number of anilines is 2. The molecule has 0 fully saturated rings. The first kappa shape index (κ1) is 14.5. The van der Waals surface area contributed by atoms with Crippen molar-refractivity contribution in [3.8, 4) is 0 Å². The lowest BCUT2D eigenvalue weighted by Gasteiger charge is -2.11. The predicted octanol–water partition coefficient (Wildman–Crippen LogP) is 3.87. The lowest BCUT2D eigenvalue weighted by Crippen LogP contribution is -2.16. The Bertz CT molecular complexity index is 669. The van der Waals surface area contributed by atoms with E-state index in [9.17, 15) is 13.6 Å². The molecule has 0 aliphatic heterocycles. The monoisotopic (exact) mass is 340 g/mol. The number of halogens is 3. The molecule has 0 heterocycles. The Hall–Kier alpha value is -1.95. The van der Waals surface area contributed by atoms with Gasteiger partial charge in [0.15, 0.2) is 0 Å². The summed E-state index contributed by atoms with van der Waals surface area (Å²) < 4.78 is 27.6. The Balaban J connectivity index is 2.39. The van der Waals surface area contributed by atoms with E-state index in [1.165, 1.54) is 6.07 Å². The fraction of sp³-hybridized carbons (Fsp3) is 0.0714. The van der Waals surface area contributed by atoms with Crippen LogP contribution in [-0.2, 0) is 0 Å². The molecule has 0 aliphatic rings. The standard InChI is InChI=1S/C14H11BrF2N2O/c1-7-9(5-8(15)6-12(7)18)14(20)19-13-10(16)3-2-4-11(13)17/h2-6H,18H2,1H3,(H,19,20). The molecular weight excluding hydrogens is 330 g/mol. The van der Waals surface area contributed by atoms with Gasteiger partial charge in [0.25, 0.3) is 5.91 Å². The van der Waals surface area contributed by atoms with Crippen molar-refractivity contribution >= 4 is 33.2 Å². The molecule has 3 N–H and O–H groups in total. The summed E-state index contributed by atoms with van der Waals surface area (Å²) >= 11 is 3.22. The number of para-hydroxylation sites is 1. The van der Waals surface area contributed by atoms with Crippen LogP contribution in [-0.4, -0.2) is 5.91 Å². The summed E-state index contributed by atoms with van der Waals surface area (Å²) in [6.07, 6.45) is 0. The van der Waals surface area contributed by atoms with E-state index in [-0.39, 0.29) is 5.56 Å². The summed E-state index contributed by atoms with van der Waals surface area (Å²) in [5.74, 6) is -2.29. The van der Waals surface area contributed by atoms with E-state index >= 15 is 0 Å². The summed E-state index contributed by atoms with van der Waals surface area (Å²) in [5, 5.41) is 2.22. The van der Waals surface area contributed by atoms with Crippen LogP contribution in [0.3, 0.4) is 0 Å². The molecule has 1 amide bonds. The first-order chi connectivity index (χ1) is 9.40. The SMILES string of the molecule is Cc1c(N)cc(Br)cc1C(=O)Nc1c(F)cccc1F. The zero-order valence-electron chi connectivity index (χ0n) is 10.5. The molecule has 2 rings (SSSR count). The Kier molecular flexibility index (Phi) is 4.04. The van der Waals surface area contributed by atoms with E-state index in [1.54, 1.807) is 19.1 Å². The molecule has 0 saturated heterocycles.